The SMILES string of the molecule is O=C(O)c1cccc(CCOc2ccc(C(F)(F)F)cc2Cl)c1. The summed E-state index contributed by atoms with van der Waals surface area (Å²) in [6.45, 7) is 0.161. The molecule has 2 rings (SSSR count). The van der Waals surface area contributed by atoms with Crippen molar-refractivity contribution in [2.24, 2.45) is 0 Å². The maximum atomic E-state index is 12.5. The molecule has 3 nitrogen and oxygen atoms in total. The van der Waals surface area contributed by atoms with Gasteiger partial charge in [0.15, 0.2) is 0 Å². The third kappa shape index (κ3) is 4.63. The molecule has 122 valence electrons. The number of hydrogen-bond acceptors (Lipinski definition) is 2. The van der Waals surface area contributed by atoms with Gasteiger partial charge in [-0.25, -0.2) is 4.79 Å². The molecule has 23 heavy (non-hydrogen) atoms. The summed E-state index contributed by atoms with van der Waals surface area (Å²) in [5.74, 6) is -0.882. The highest BCUT2D eigenvalue weighted by Gasteiger charge is 2.31. The first-order valence-corrected chi connectivity index (χ1v) is 6.97. The zero-order valence-electron chi connectivity index (χ0n) is 11.7. The number of alkyl halides is 3. The van der Waals surface area contributed by atoms with Gasteiger partial charge in [-0.15, -0.1) is 0 Å². The molecule has 0 aliphatic rings. The molecule has 0 radical (unpaired) electrons. The van der Waals surface area contributed by atoms with Gasteiger partial charge in [0.1, 0.15) is 5.75 Å². The molecule has 0 saturated heterocycles. The van der Waals surface area contributed by atoms with Gasteiger partial charge in [0.25, 0.3) is 0 Å². The van der Waals surface area contributed by atoms with E-state index in [1.54, 1.807) is 12.1 Å². The van der Waals surface area contributed by atoms with Crippen LogP contribution in [0.25, 0.3) is 0 Å². The van der Waals surface area contributed by atoms with E-state index in [4.69, 9.17) is 21.4 Å². The van der Waals surface area contributed by atoms with Crippen LogP contribution >= 0.6 is 11.6 Å². The van der Waals surface area contributed by atoms with E-state index in [0.717, 1.165) is 17.7 Å². The third-order valence-corrected chi connectivity index (χ3v) is 3.38. The van der Waals surface area contributed by atoms with E-state index in [1.807, 2.05) is 0 Å². The van der Waals surface area contributed by atoms with Crippen molar-refractivity contribution in [1.82, 2.24) is 0 Å². The summed E-state index contributed by atoms with van der Waals surface area (Å²) in [5, 5.41) is 8.77. The Morgan fingerprint density at radius 2 is 1.91 bits per heavy atom. The molecule has 0 aliphatic heterocycles. The Labute approximate surface area is 135 Å². The Balaban J connectivity index is 1.99. The topological polar surface area (TPSA) is 46.5 Å². The van der Waals surface area contributed by atoms with E-state index in [0.29, 0.717) is 6.42 Å². The molecule has 0 bridgehead atoms. The maximum Gasteiger partial charge on any atom is 0.416 e. The summed E-state index contributed by atoms with van der Waals surface area (Å²) in [6, 6.07) is 9.21. The Bertz CT molecular complexity index is 714. The van der Waals surface area contributed by atoms with E-state index in [2.05, 4.69) is 0 Å². The molecule has 0 saturated carbocycles. The summed E-state index contributed by atoms with van der Waals surface area (Å²) in [5.41, 5.74) is 0.0620. The molecule has 2 aromatic carbocycles. The molecule has 0 spiro atoms. The first-order chi connectivity index (χ1) is 10.8. The summed E-state index contributed by atoms with van der Waals surface area (Å²) < 4.78 is 42.9. The predicted molar refractivity (Wildman–Crippen MR) is 79.1 cm³/mol. The first-order valence-electron chi connectivity index (χ1n) is 6.59. The van der Waals surface area contributed by atoms with Gasteiger partial charge in [-0.3, -0.25) is 0 Å². The molecule has 0 aliphatic carbocycles. The summed E-state index contributed by atoms with van der Waals surface area (Å²) in [6.07, 6.45) is -4.06. The highest BCUT2D eigenvalue weighted by molar-refractivity contribution is 6.32. The van der Waals surface area contributed by atoms with Crippen molar-refractivity contribution in [2.45, 2.75) is 12.6 Å². The second-order valence-corrected chi connectivity index (χ2v) is 5.15. The molecule has 0 heterocycles. The molecule has 0 unspecified atom stereocenters. The first kappa shape index (κ1) is 17.1. The van der Waals surface area contributed by atoms with Crippen molar-refractivity contribution in [2.75, 3.05) is 6.61 Å². The van der Waals surface area contributed by atoms with E-state index < -0.39 is 17.7 Å². The molecule has 1 N–H and O–H groups in total. The Morgan fingerprint density at radius 3 is 2.52 bits per heavy atom. The lowest BCUT2D eigenvalue weighted by Crippen LogP contribution is -2.06. The van der Waals surface area contributed by atoms with Crippen LogP contribution in [-0.2, 0) is 12.6 Å². The van der Waals surface area contributed by atoms with Crippen molar-refractivity contribution in [1.29, 1.82) is 0 Å². The lowest BCUT2D eigenvalue weighted by Gasteiger charge is -2.11. The van der Waals surface area contributed by atoms with Crippen molar-refractivity contribution in [3.8, 4) is 5.75 Å². The number of aromatic carboxylic acids is 1. The van der Waals surface area contributed by atoms with Crippen LogP contribution in [-0.4, -0.2) is 17.7 Å². The number of ether oxygens (including phenoxy) is 1. The number of benzene rings is 2. The lowest BCUT2D eigenvalue weighted by molar-refractivity contribution is -0.137. The highest BCUT2D eigenvalue weighted by Crippen LogP contribution is 2.34. The van der Waals surface area contributed by atoms with Crippen LogP contribution < -0.4 is 4.74 Å². The number of halogens is 4. The number of carboxylic acids is 1. The second kappa shape index (κ2) is 6.91. The quantitative estimate of drug-likeness (QED) is 0.856. The van der Waals surface area contributed by atoms with Crippen LogP contribution in [0.1, 0.15) is 21.5 Å². The van der Waals surface area contributed by atoms with E-state index >= 15 is 0 Å². The smallest absolute Gasteiger partial charge is 0.416 e. The van der Waals surface area contributed by atoms with E-state index in [1.165, 1.54) is 18.2 Å². The maximum absolute atomic E-state index is 12.5. The molecule has 7 heteroatoms. The van der Waals surface area contributed by atoms with Crippen LogP contribution in [0.5, 0.6) is 5.75 Å². The molecular formula is C16H12ClF3O3. The lowest BCUT2D eigenvalue weighted by atomic mass is 10.1. The monoisotopic (exact) mass is 344 g/mol. The summed E-state index contributed by atoms with van der Waals surface area (Å²) in [4.78, 5) is 10.9. The fourth-order valence-corrected chi connectivity index (χ4v) is 2.17. The van der Waals surface area contributed by atoms with Gasteiger partial charge in [-0.1, -0.05) is 23.7 Å². The van der Waals surface area contributed by atoms with E-state index in [9.17, 15) is 18.0 Å². The Kier molecular flexibility index (Phi) is 5.15. The minimum Gasteiger partial charge on any atom is -0.492 e. The summed E-state index contributed by atoms with van der Waals surface area (Å²) in [7, 11) is 0. The average Bonchev–Trinajstić information content (AvgIpc) is 2.48. The standard InChI is InChI=1S/C16H12ClF3O3/c17-13-9-12(16(18,19)20)4-5-14(13)23-7-6-10-2-1-3-11(8-10)15(21)22/h1-5,8-9H,6-7H2,(H,21,22). The zero-order valence-corrected chi connectivity index (χ0v) is 12.5. The zero-order chi connectivity index (χ0) is 17.0. The van der Waals surface area contributed by atoms with Gasteiger partial charge in [-0.2, -0.15) is 13.2 Å². The number of hydrogen-bond donors (Lipinski definition) is 1. The average molecular weight is 345 g/mol. The minimum atomic E-state index is -4.46. The van der Waals surface area contributed by atoms with Crippen LogP contribution in [0.2, 0.25) is 5.02 Å². The van der Waals surface area contributed by atoms with Gasteiger partial charge >= 0.3 is 12.1 Å². The van der Waals surface area contributed by atoms with Gasteiger partial charge in [-0.05, 0) is 35.9 Å². The van der Waals surface area contributed by atoms with Crippen LogP contribution in [0.4, 0.5) is 13.2 Å². The largest absolute Gasteiger partial charge is 0.492 e. The molecular weight excluding hydrogens is 333 g/mol. The second-order valence-electron chi connectivity index (χ2n) is 4.75. The van der Waals surface area contributed by atoms with Gasteiger partial charge in [0, 0.05) is 6.42 Å². The molecule has 2 aromatic rings. The van der Waals surface area contributed by atoms with Crippen LogP contribution in [0, 0.1) is 0 Å². The molecule has 0 fully saturated rings. The fraction of sp³-hybridized carbons (Fsp3) is 0.188. The molecule has 0 aromatic heterocycles. The van der Waals surface area contributed by atoms with E-state index in [-0.39, 0.29) is 22.9 Å². The fourth-order valence-electron chi connectivity index (χ4n) is 1.93. The normalized spacial score (nSPS) is 11.3. The van der Waals surface area contributed by atoms with Crippen molar-refractivity contribution in [3.63, 3.8) is 0 Å². The van der Waals surface area contributed by atoms with Crippen molar-refractivity contribution in [3.05, 3.63) is 64.2 Å². The van der Waals surface area contributed by atoms with Gasteiger partial charge in [0.05, 0.1) is 22.8 Å². The van der Waals surface area contributed by atoms with Crippen LogP contribution in [0.3, 0.4) is 0 Å². The number of carbonyl (C=O) groups is 1. The molecule has 0 amide bonds. The van der Waals surface area contributed by atoms with Crippen molar-refractivity contribution >= 4 is 17.6 Å². The Morgan fingerprint density at radius 1 is 1.17 bits per heavy atom. The summed E-state index contributed by atoms with van der Waals surface area (Å²) >= 11 is 5.78. The third-order valence-electron chi connectivity index (χ3n) is 3.08. The minimum absolute atomic E-state index is 0.126. The van der Waals surface area contributed by atoms with Crippen LogP contribution in [0.15, 0.2) is 42.5 Å². The van der Waals surface area contributed by atoms with Gasteiger partial charge in [0.2, 0.25) is 0 Å². The van der Waals surface area contributed by atoms with Crippen molar-refractivity contribution < 1.29 is 27.8 Å². The van der Waals surface area contributed by atoms with Gasteiger partial charge < -0.3 is 9.84 Å². The molecule has 0 atom stereocenters. The predicted octanol–water partition coefficient (Wildman–Crippen LogP) is 4.68. The number of rotatable bonds is 5. The highest BCUT2D eigenvalue weighted by atomic mass is 35.5. The number of carboxylic acid groups (broad SMARTS) is 1. The Hall–Kier alpha value is -2.21.